The van der Waals surface area contributed by atoms with Crippen LogP contribution in [0.2, 0.25) is 0 Å². The third-order valence-electron chi connectivity index (χ3n) is 3.55. The van der Waals surface area contributed by atoms with Gasteiger partial charge in [-0.05, 0) is 48.9 Å². The van der Waals surface area contributed by atoms with Crippen molar-refractivity contribution in [3.05, 3.63) is 84.1 Å². The molecule has 0 bridgehead atoms. The molecule has 3 aromatic rings. The van der Waals surface area contributed by atoms with Crippen molar-refractivity contribution in [2.45, 2.75) is 6.92 Å². The highest BCUT2D eigenvalue weighted by Gasteiger charge is 2.09. The number of benzene rings is 1. The molecule has 0 fully saturated rings. The van der Waals surface area contributed by atoms with E-state index in [0.29, 0.717) is 17.0 Å². The fourth-order valence-electron chi connectivity index (χ4n) is 2.19. The Morgan fingerprint density at radius 1 is 1.00 bits per heavy atom. The SMILES string of the molecule is C/C(=N\NC(=O)c1ccncc1)c1cccc(NC(=O)c2ccco2)c1. The summed E-state index contributed by atoms with van der Waals surface area (Å²) in [6, 6.07) is 13.6. The van der Waals surface area contributed by atoms with Gasteiger partial charge in [0.25, 0.3) is 11.8 Å². The van der Waals surface area contributed by atoms with E-state index >= 15 is 0 Å². The van der Waals surface area contributed by atoms with E-state index in [1.54, 1.807) is 49.4 Å². The number of carbonyl (C=O) groups is 2. The number of hydrogen-bond donors (Lipinski definition) is 2. The summed E-state index contributed by atoms with van der Waals surface area (Å²) in [6.07, 6.45) is 4.51. The number of hydrogen-bond acceptors (Lipinski definition) is 5. The molecule has 2 heterocycles. The zero-order chi connectivity index (χ0) is 18.4. The van der Waals surface area contributed by atoms with Crippen LogP contribution in [0.5, 0.6) is 0 Å². The second-order valence-electron chi connectivity index (χ2n) is 5.39. The van der Waals surface area contributed by atoms with Crippen molar-refractivity contribution < 1.29 is 14.0 Å². The first-order valence-electron chi connectivity index (χ1n) is 7.83. The third kappa shape index (κ3) is 4.21. The van der Waals surface area contributed by atoms with Gasteiger partial charge < -0.3 is 9.73 Å². The van der Waals surface area contributed by atoms with Crippen LogP contribution in [0.15, 0.2) is 76.7 Å². The molecule has 7 nitrogen and oxygen atoms in total. The zero-order valence-electron chi connectivity index (χ0n) is 14.0. The van der Waals surface area contributed by atoms with E-state index in [1.807, 2.05) is 6.07 Å². The normalized spacial score (nSPS) is 11.0. The van der Waals surface area contributed by atoms with Gasteiger partial charge in [-0.15, -0.1) is 0 Å². The molecule has 26 heavy (non-hydrogen) atoms. The Hall–Kier alpha value is -3.74. The third-order valence-corrected chi connectivity index (χ3v) is 3.55. The number of pyridine rings is 1. The van der Waals surface area contributed by atoms with E-state index in [4.69, 9.17) is 4.42 Å². The minimum atomic E-state index is -0.340. The standard InChI is InChI=1S/C19H16N4O3/c1-13(22-23-18(24)14-7-9-20-10-8-14)15-4-2-5-16(12-15)21-19(25)17-6-3-11-26-17/h2-12H,1H3,(H,21,25)(H,23,24)/b22-13+. The summed E-state index contributed by atoms with van der Waals surface area (Å²) < 4.78 is 5.06. The Morgan fingerprint density at radius 2 is 1.81 bits per heavy atom. The molecular formula is C19H16N4O3. The highest BCUT2D eigenvalue weighted by atomic mass is 16.3. The average molecular weight is 348 g/mol. The van der Waals surface area contributed by atoms with Crippen LogP contribution in [0.4, 0.5) is 5.69 Å². The van der Waals surface area contributed by atoms with E-state index in [2.05, 4.69) is 20.8 Å². The lowest BCUT2D eigenvalue weighted by molar-refractivity contribution is 0.0953. The Labute approximate surface area is 149 Å². The van der Waals surface area contributed by atoms with Crippen molar-refractivity contribution in [2.24, 2.45) is 5.10 Å². The van der Waals surface area contributed by atoms with Crippen molar-refractivity contribution >= 4 is 23.2 Å². The molecule has 2 amide bonds. The van der Waals surface area contributed by atoms with Crippen LogP contribution in [0, 0.1) is 0 Å². The number of nitrogens with zero attached hydrogens (tertiary/aromatic N) is 2. The Balaban J connectivity index is 1.68. The number of amides is 2. The molecule has 3 rings (SSSR count). The van der Waals surface area contributed by atoms with Gasteiger partial charge in [0.05, 0.1) is 12.0 Å². The molecule has 7 heteroatoms. The summed E-state index contributed by atoms with van der Waals surface area (Å²) in [7, 11) is 0. The maximum Gasteiger partial charge on any atom is 0.291 e. The van der Waals surface area contributed by atoms with Crippen LogP contribution in [0.1, 0.15) is 33.4 Å². The van der Waals surface area contributed by atoms with E-state index in [9.17, 15) is 9.59 Å². The van der Waals surface area contributed by atoms with E-state index in [1.165, 1.54) is 18.7 Å². The van der Waals surface area contributed by atoms with Gasteiger partial charge in [0.2, 0.25) is 0 Å². The molecule has 0 aliphatic carbocycles. The largest absolute Gasteiger partial charge is 0.459 e. The fourth-order valence-corrected chi connectivity index (χ4v) is 2.19. The first-order chi connectivity index (χ1) is 12.6. The zero-order valence-corrected chi connectivity index (χ0v) is 14.0. The molecule has 0 spiro atoms. The van der Waals surface area contributed by atoms with Gasteiger partial charge in [-0.2, -0.15) is 5.10 Å². The maximum absolute atomic E-state index is 12.0. The Morgan fingerprint density at radius 3 is 2.54 bits per heavy atom. The predicted molar refractivity (Wildman–Crippen MR) is 97.0 cm³/mol. The lowest BCUT2D eigenvalue weighted by Crippen LogP contribution is -2.19. The topological polar surface area (TPSA) is 96.6 Å². The highest BCUT2D eigenvalue weighted by Crippen LogP contribution is 2.13. The number of hydrazone groups is 1. The molecule has 130 valence electrons. The molecule has 0 radical (unpaired) electrons. The predicted octanol–water partition coefficient (Wildman–Crippen LogP) is 3.08. The number of nitrogens with one attached hydrogen (secondary N) is 2. The van der Waals surface area contributed by atoms with Gasteiger partial charge in [0.15, 0.2) is 5.76 Å². The molecular weight excluding hydrogens is 332 g/mol. The minimum absolute atomic E-state index is 0.227. The molecule has 1 aromatic carbocycles. The van der Waals surface area contributed by atoms with Gasteiger partial charge in [-0.3, -0.25) is 14.6 Å². The molecule has 2 N–H and O–H groups in total. The van der Waals surface area contributed by atoms with Crippen LogP contribution in [-0.2, 0) is 0 Å². The van der Waals surface area contributed by atoms with Crippen molar-refractivity contribution in [3.8, 4) is 0 Å². The van der Waals surface area contributed by atoms with Crippen LogP contribution >= 0.6 is 0 Å². The summed E-state index contributed by atoms with van der Waals surface area (Å²) in [4.78, 5) is 27.9. The van der Waals surface area contributed by atoms with Gasteiger partial charge in [0.1, 0.15) is 0 Å². The maximum atomic E-state index is 12.0. The van der Waals surface area contributed by atoms with E-state index < -0.39 is 0 Å². The van der Waals surface area contributed by atoms with Gasteiger partial charge in [-0.1, -0.05) is 12.1 Å². The molecule has 0 atom stereocenters. The van der Waals surface area contributed by atoms with Crippen LogP contribution in [0.3, 0.4) is 0 Å². The first-order valence-corrected chi connectivity index (χ1v) is 7.83. The lowest BCUT2D eigenvalue weighted by Gasteiger charge is -2.07. The summed E-state index contributed by atoms with van der Waals surface area (Å²) >= 11 is 0. The second-order valence-corrected chi connectivity index (χ2v) is 5.39. The fraction of sp³-hybridized carbons (Fsp3) is 0.0526. The van der Waals surface area contributed by atoms with Crippen LogP contribution in [0.25, 0.3) is 0 Å². The number of carbonyl (C=O) groups excluding carboxylic acids is 2. The Bertz CT molecular complexity index is 934. The van der Waals surface area contributed by atoms with Gasteiger partial charge in [-0.25, -0.2) is 5.43 Å². The number of aromatic nitrogens is 1. The van der Waals surface area contributed by atoms with Crippen LogP contribution < -0.4 is 10.7 Å². The summed E-state index contributed by atoms with van der Waals surface area (Å²) in [5, 5.41) is 6.85. The Kier molecular flexibility index (Phi) is 5.19. The molecule has 2 aromatic heterocycles. The molecule has 0 unspecified atom stereocenters. The number of furan rings is 1. The summed E-state index contributed by atoms with van der Waals surface area (Å²) in [5.41, 5.74) is 4.92. The van der Waals surface area contributed by atoms with Crippen molar-refractivity contribution in [1.29, 1.82) is 0 Å². The van der Waals surface area contributed by atoms with Gasteiger partial charge >= 0.3 is 0 Å². The van der Waals surface area contributed by atoms with E-state index in [0.717, 1.165) is 5.56 Å². The smallest absolute Gasteiger partial charge is 0.291 e. The van der Waals surface area contributed by atoms with Crippen molar-refractivity contribution in [2.75, 3.05) is 5.32 Å². The second kappa shape index (κ2) is 7.89. The number of anilines is 1. The number of rotatable bonds is 5. The molecule has 0 aliphatic rings. The van der Waals surface area contributed by atoms with Crippen molar-refractivity contribution in [3.63, 3.8) is 0 Å². The summed E-state index contributed by atoms with van der Waals surface area (Å²) in [6.45, 7) is 1.76. The molecule has 0 saturated heterocycles. The van der Waals surface area contributed by atoms with Crippen LogP contribution in [-0.4, -0.2) is 22.5 Å². The first kappa shape index (κ1) is 17.1. The highest BCUT2D eigenvalue weighted by molar-refractivity contribution is 6.04. The monoisotopic (exact) mass is 348 g/mol. The van der Waals surface area contributed by atoms with Gasteiger partial charge in [0, 0.05) is 23.6 Å². The van der Waals surface area contributed by atoms with E-state index in [-0.39, 0.29) is 17.6 Å². The summed E-state index contributed by atoms with van der Waals surface area (Å²) in [5.74, 6) is -0.438. The molecule has 0 aliphatic heterocycles. The minimum Gasteiger partial charge on any atom is -0.459 e. The average Bonchev–Trinajstić information content (AvgIpc) is 3.22. The van der Waals surface area contributed by atoms with Crippen molar-refractivity contribution in [1.82, 2.24) is 10.4 Å². The molecule has 0 saturated carbocycles. The lowest BCUT2D eigenvalue weighted by atomic mass is 10.1. The quantitative estimate of drug-likeness (QED) is 0.547.